The summed E-state index contributed by atoms with van der Waals surface area (Å²) in [5.41, 5.74) is 0.750. The lowest BCUT2D eigenvalue weighted by Gasteiger charge is -2.38. The molecule has 1 aromatic heterocycles. The smallest absolute Gasteiger partial charge is 0.222 e. The lowest BCUT2D eigenvalue weighted by molar-refractivity contribution is -0.128. The fourth-order valence-corrected chi connectivity index (χ4v) is 4.08. The van der Waals surface area contributed by atoms with E-state index in [2.05, 4.69) is 10.3 Å². The van der Waals surface area contributed by atoms with Gasteiger partial charge in [0.25, 0.3) is 0 Å². The predicted octanol–water partition coefficient (Wildman–Crippen LogP) is -0.00460. The summed E-state index contributed by atoms with van der Waals surface area (Å²) in [6, 6.07) is 0.0315. The largest absolute Gasteiger partial charge is 0.337 e. The number of likely N-dealkylation sites (tertiary alicyclic amines) is 1. The highest BCUT2D eigenvalue weighted by atomic mass is 32.2. The maximum Gasteiger partial charge on any atom is 0.222 e. The van der Waals surface area contributed by atoms with Crippen molar-refractivity contribution in [3.05, 3.63) is 11.9 Å². The summed E-state index contributed by atoms with van der Waals surface area (Å²) >= 11 is 0. The lowest BCUT2D eigenvalue weighted by Crippen LogP contribution is -2.52. The van der Waals surface area contributed by atoms with Gasteiger partial charge < -0.3 is 4.90 Å². The van der Waals surface area contributed by atoms with E-state index in [-0.39, 0.29) is 11.9 Å². The van der Waals surface area contributed by atoms with Crippen molar-refractivity contribution in [2.75, 3.05) is 19.6 Å². The highest BCUT2D eigenvalue weighted by molar-refractivity contribution is 7.89. The Bertz CT molecular complexity index is 663. The number of carbonyl (C=O) groups excluding carboxylic acids is 1. The van der Waals surface area contributed by atoms with Gasteiger partial charge in [0.1, 0.15) is 5.69 Å². The molecule has 0 radical (unpaired) electrons. The average molecular weight is 327 g/mol. The van der Waals surface area contributed by atoms with Crippen LogP contribution in [0.5, 0.6) is 0 Å². The molecule has 2 aliphatic rings. The Morgan fingerprint density at radius 2 is 2.09 bits per heavy atom. The van der Waals surface area contributed by atoms with Gasteiger partial charge in [-0.15, -0.1) is 5.10 Å². The number of sulfonamides is 1. The standard InChI is InChI=1S/C13H21N5O3S/c1-10(2)22(20,21)17-8-12(9-17)18-7-11(14-15-18)6-16-5-3-4-13(16)19/h7,10,12H,3-6,8-9H2,1-2H3. The van der Waals surface area contributed by atoms with E-state index in [1.54, 1.807) is 23.4 Å². The van der Waals surface area contributed by atoms with E-state index in [9.17, 15) is 13.2 Å². The number of carbonyl (C=O) groups is 1. The third-order valence-electron chi connectivity index (χ3n) is 4.24. The van der Waals surface area contributed by atoms with Crippen LogP contribution < -0.4 is 0 Å². The minimum absolute atomic E-state index is 0.0315. The summed E-state index contributed by atoms with van der Waals surface area (Å²) in [5, 5.41) is 7.76. The maximum absolute atomic E-state index is 12.0. The molecule has 122 valence electrons. The topological polar surface area (TPSA) is 88.4 Å². The zero-order valence-electron chi connectivity index (χ0n) is 12.8. The minimum Gasteiger partial charge on any atom is -0.337 e. The van der Waals surface area contributed by atoms with Crippen molar-refractivity contribution in [1.82, 2.24) is 24.2 Å². The van der Waals surface area contributed by atoms with Gasteiger partial charge >= 0.3 is 0 Å². The predicted molar refractivity (Wildman–Crippen MR) is 79.3 cm³/mol. The highest BCUT2D eigenvalue weighted by Gasteiger charge is 2.38. The van der Waals surface area contributed by atoms with E-state index < -0.39 is 15.3 Å². The Balaban J connectivity index is 1.58. The molecule has 8 nitrogen and oxygen atoms in total. The first-order chi connectivity index (χ1) is 10.4. The molecule has 2 fully saturated rings. The Morgan fingerprint density at radius 3 is 2.68 bits per heavy atom. The van der Waals surface area contributed by atoms with Crippen LogP contribution in [0.15, 0.2) is 6.20 Å². The molecule has 0 atom stereocenters. The number of rotatable bonds is 5. The van der Waals surface area contributed by atoms with Crippen LogP contribution in [-0.2, 0) is 21.4 Å². The molecule has 0 N–H and O–H groups in total. The van der Waals surface area contributed by atoms with E-state index in [4.69, 9.17) is 0 Å². The van der Waals surface area contributed by atoms with Crippen molar-refractivity contribution in [1.29, 1.82) is 0 Å². The first-order valence-corrected chi connectivity index (χ1v) is 9.05. The van der Waals surface area contributed by atoms with Crippen molar-refractivity contribution < 1.29 is 13.2 Å². The first kappa shape index (κ1) is 15.4. The molecule has 3 heterocycles. The van der Waals surface area contributed by atoms with E-state index in [1.807, 2.05) is 6.20 Å². The maximum atomic E-state index is 12.0. The molecular weight excluding hydrogens is 306 g/mol. The zero-order valence-corrected chi connectivity index (χ0v) is 13.7. The van der Waals surface area contributed by atoms with Gasteiger partial charge in [0.15, 0.2) is 0 Å². The SMILES string of the molecule is CC(C)S(=O)(=O)N1CC(n2cc(CN3CCCC3=O)nn2)C1. The van der Waals surface area contributed by atoms with Crippen LogP contribution >= 0.6 is 0 Å². The van der Waals surface area contributed by atoms with E-state index in [0.29, 0.717) is 26.1 Å². The molecule has 0 saturated carbocycles. The molecule has 1 aromatic rings. The molecule has 1 amide bonds. The van der Waals surface area contributed by atoms with Crippen molar-refractivity contribution in [3.63, 3.8) is 0 Å². The Labute approximate surface area is 130 Å². The summed E-state index contributed by atoms with van der Waals surface area (Å²) in [7, 11) is -3.18. The summed E-state index contributed by atoms with van der Waals surface area (Å²) in [5.74, 6) is 0.160. The van der Waals surface area contributed by atoms with Gasteiger partial charge in [-0.1, -0.05) is 5.21 Å². The molecule has 0 aliphatic carbocycles. The molecule has 3 rings (SSSR count). The Kier molecular flexibility index (Phi) is 3.94. The van der Waals surface area contributed by atoms with Crippen LogP contribution in [0.1, 0.15) is 38.4 Å². The van der Waals surface area contributed by atoms with Crippen LogP contribution in [0.25, 0.3) is 0 Å². The van der Waals surface area contributed by atoms with Gasteiger partial charge in [-0.2, -0.15) is 4.31 Å². The molecular formula is C13H21N5O3S. The van der Waals surface area contributed by atoms with Gasteiger partial charge in [-0.05, 0) is 20.3 Å². The van der Waals surface area contributed by atoms with E-state index >= 15 is 0 Å². The van der Waals surface area contributed by atoms with Crippen LogP contribution in [0.4, 0.5) is 0 Å². The van der Waals surface area contributed by atoms with Gasteiger partial charge in [0.2, 0.25) is 15.9 Å². The Hall–Kier alpha value is -1.48. The van der Waals surface area contributed by atoms with Gasteiger partial charge in [0.05, 0.1) is 24.0 Å². The zero-order chi connectivity index (χ0) is 15.9. The van der Waals surface area contributed by atoms with Crippen LogP contribution in [0.3, 0.4) is 0 Å². The van der Waals surface area contributed by atoms with Crippen molar-refractivity contribution in [2.45, 2.75) is 44.5 Å². The summed E-state index contributed by atoms with van der Waals surface area (Å²) in [6.45, 7) is 5.50. The quantitative estimate of drug-likeness (QED) is 0.759. The summed E-state index contributed by atoms with van der Waals surface area (Å²) in [4.78, 5) is 13.4. The van der Waals surface area contributed by atoms with Gasteiger partial charge in [-0.3, -0.25) is 4.79 Å². The van der Waals surface area contributed by atoms with E-state index in [1.165, 1.54) is 4.31 Å². The number of hydrogen-bond acceptors (Lipinski definition) is 5. The second-order valence-corrected chi connectivity index (χ2v) is 8.66. The molecule has 0 spiro atoms. The van der Waals surface area contributed by atoms with Crippen molar-refractivity contribution in [2.24, 2.45) is 0 Å². The van der Waals surface area contributed by atoms with Crippen LogP contribution in [0, 0.1) is 0 Å². The monoisotopic (exact) mass is 327 g/mol. The first-order valence-electron chi connectivity index (χ1n) is 7.55. The fraction of sp³-hybridized carbons (Fsp3) is 0.769. The van der Waals surface area contributed by atoms with Gasteiger partial charge in [0, 0.05) is 26.1 Å². The fourth-order valence-electron chi connectivity index (χ4n) is 2.72. The van der Waals surface area contributed by atoms with Crippen molar-refractivity contribution in [3.8, 4) is 0 Å². The normalized spacial score (nSPS) is 20.9. The van der Waals surface area contributed by atoms with Gasteiger partial charge in [-0.25, -0.2) is 13.1 Å². The molecule has 9 heteroatoms. The second-order valence-electron chi connectivity index (χ2n) is 6.17. The average Bonchev–Trinajstić information content (AvgIpc) is 2.98. The second kappa shape index (κ2) is 5.62. The molecule has 0 aromatic carbocycles. The van der Waals surface area contributed by atoms with E-state index in [0.717, 1.165) is 18.7 Å². The van der Waals surface area contributed by atoms with Crippen LogP contribution in [0.2, 0.25) is 0 Å². The number of hydrogen-bond donors (Lipinski definition) is 0. The van der Waals surface area contributed by atoms with Crippen LogP contribution in [-0.4, -0.2) is 63.4 Å². The summed E-state index contributed by atoms with van der Waals surface area (Å²) in [6.07, 6.45) is 3.33. The third-order valence-corrected chi connectivity index (χ3v) is 6.45. The third kappa shape index (κ3) is 2.74. The molecule has 22 heavy (non-hydrogen) atoms. The number of aromatic nitrogens is 3. The molecule has 2 saturated heterocycles. The number of nitrogens with zero attached hydrogens (tertiary/aromatic N) is 5. The molecule has 0 bridgehead atoms. The lowest BCUT2D eigenvalue weighted by atomic mass is 10.2. The molecule has 0 unspecified atom stereocenters. The summed E-state index contributed by atoms with van der Waals surface area (Å²) < 4.78 is 27.2. The minimum atomic E-state index is -3.18. The highest BCUT2D eigenvalue weighted by Crippen LogP contribution is 2.25. The van der Waals surface area contributed by atoms with Crippen molar-refractivity contribution >= 4 is 15.9 Å². The Morgan fingerprint density at radius 1 is 1.36 bits per heavy atom. The molecule has 2 aliphatic heterocycles. The number of amides is 1.